The van der Waals surface area contributed by atoms with Crippen LogP contribution in [0.2, 0.25) is 0 Å². The van der Waals surface area contributed by atoms with Gasteiger partial charge in [-0.2, -0.15) is 0 Å². The van der Waals surface area contributed by atoms with Crippen molar-refractivity contribution < 1.29 is 4.42 Å². The Morgan fingerprint density at radius 1 is 1.00 bits per heavy atom. The third-order valence-electron chi connectivity index (χ3n) is 3.47. The number of nitrogens with zero attached hydrogens (tertiary/aromatic N) is 2. The Hall–Kier alpha value is -2.62. The highest BCUT2D eigenvalue weighted by molar-refractivity contribution is 5.58. The Morgan fingerprint density at radius 2 is 1.76 bits per heavy atom. The number of aryl methyl sites for hydroxylation is 1. The van der Waals surface area contributed by atoms with Crippen molar-refractivity contribution >= 4 is 5.69 Å². The van der Waals surface area contributed by atoms with Crippen molar-refractivity contribution in [3.05, 3.63) is 66.1 Å². The predicted molar refractivity (Wildman–Crippen MR) is 82.9 cm³/mol. The Labute approximate surface area is 123 Å². The molecule has 21 heavy (non-hydrogen) atoms. The van der Waals surface area contributed by atoms with Crippen molar-refractivity contribution in [2.45, 2.75) is 19.9 Å². The van der Waals surface area contributed by atoms with Crippen molar-refractivity contribution in [3.8, 4) is 11.5 Å². The summed E-state index contributed by atoms with van der Waals surface area (Å²) in [4.78, 5) is 0. The van der Waals surface area contributed by atoms with Crippen LogP contribution >= 0.6 is 0 Å². The highest BCUT2D eigenvalue weighted by Crippen LogP contribution is 2.19. The predicted octanol–water partition coefficient (Wildman–Crippen LogP) is 3.91. The molecule has 4 heteroatoms. The third-order valence-corrected chi connectivity index (χ3v) is 3.47. The van der Waals surface area contributed by atoms with E-state index < -0.39 is 0 Å². The van der Waals surface area contributed by atoms with Gasteiger partial charge in [0, 0.05) is 17.8 Å². The number of anilines is 1. The molecule has 0 aliphatic carbocycles. The van der Waals surface area contributed by atoms with Gasteiger partial charge in [0.15, 0.2) is 0 Å². The topological polar surface area (TPSA) is 51.0 Å². The van der Waals surface area contributed by atoms with Gasteiger partial charge in [-0.25, -0.2) is 0 Å². The zero-order valence-corrected chi connectivity index (χ0v) is 11.9. The van der Waals surface area contributed by atoms with E-state index in [2.05, 4.69) is 46.7 Å². The Bertz CT molecular complexity index is 690. The van der Waals surface area contributed by atoms with Crippen LogP contribution in [-0.2, 0) is 13.0 Å². The zero-order valence-electron chi connectivity index (χ0n) is 11.9. The second kappa shape index (κ2) is 6.22. The Morgan fingerprint density at radius 3 is 2.43 bits per heavy atom. The molecule has 106 valence electrons. The van der Waals surface area contributed by atoms with E-state index >= 15 is 0 Å². The van der Waals surface area contributed by atoms with E-state index in [1.165, 1.54) is 17.5 Å². The fourth-order valence-electron chi connectivity index (χ4n) is 2.30. The van der Waals surface area contributed by atoms with E-state index in [4.69, 9.17) is 4.42 Å². The summed E-state index contributed by atoms with van der Waals surface area (Å²) in [5.74, 6) is 0.540. The quantitative estimate of drug-likeness (QED) is 0.769. The number of hydrogen-bond donors (Lipinski definition) is 1. The molecule has 0 saturated heterocycles. The van der Waals surface area contributed by atoms with Gasteiger partial charge in [-0.1, -0.05) is 31.2 Å². The first kappa shape index (κ1) is 13.4. The van der Waals surface area contributed by atoms with Crippen LogP contribution in [0.3, 0.4) is 0 Å². The lowest BCUT2D eigenvalue weighted by molar-refractivity contribution is 0.568. The molecule has 2 aromatic carbocycles. The van der Waals surface area contributed by atoms with Crippen molar-refractivity contribution in [1.29, 1.82) is 0 Å². The molecule has 1 heterocycles. The van der Waals surface area contributed by atoms with Gasteiger partial charge in [-0.15, -0.1) is 10.2 Å². The van der Waals surface area contributed by atoms with Crippen LogP contribution in [-0.4, -0.2) is 10.2 Å². The number of hydrogen-bond acceptors (Lipinski definition) is 4. The average Bonchev–Trinajstić information content (AvgIpc) is 3.08. The maximum Gasteiger partial charge on any atom is 0.247 e. The molecule has 1 aromatic heterocycles. The van der Waals surface area contributed by atoms with Crippen molar-refractivity contribution in [2.24, 2.45) is 0 Å². The summed E-state index contributed by atoms with van der Waals surface area (Å²) in [6.45, 7) is 3.00. The van der Waals surface area contributed by atoms with Crippen molar-refractivity contribution in [1.82, 2.24) is 10.2 Å². The van der Waals surface area contributed by atoms with E-state index in [0.717, 1.165) is 24.2 Å². The number of benzene rings is 2. The highest BCUT2D eigenvalue weighted by atomic mass is 16.4. The number of rotatable bonds is 5. The maximum absolute atomic E-state index is 5.18. The van der Waals surface area contributed by atoms with Gasteiger partial charge in [0.25, 0.3) is 0 Å². The summed E-state index contributed by atoms with van der Waals surface area (Å²) in [6, 6.07) is 16.5. The van der Waals surface area contributed by atoms with Gasteiger partial charge >= 0.3 is 0 Å². The molecular weight excluding hydrogens is 262 g/mol. The molecule has 0 radical (unpaired) electrons. The maximum atomic E-state index is 5.18. The minimum Gasteiger partial charge on any atom is -0.423 e. The van der Waals surface area contributed by atoms with Gasteiger partial charge in [0.2, 0.25) is 12.3 Å². The van der Waals surface area contributed by atoms with Gasteiger partial charge in [0.05, 0.1) is 0 Å². The van der Waals surface area contributed by atoms with E-state index in [1.807, 2.05) is 24.3 Å². The molecule has 0 unspecified atom stereocenters. The van der Waals surface area contributed by atoms with Gasteiger partial charge < -0.3 is 9.73 Å². The molecule has 0 atom stereocenters. The summed E-state index contributed by atoms with van der Waals surface area (Å²) >= 11 is 0. The monoisotopic (exact) mass is 279 g/mol. The summed E-state index contributed by atoms with van der Waals surface area (Å²) in [5.41, 5.74) is 4.71. The van der Waals surface area contributed by atoms with Gasteiger partial charge in [-0.3, -0.25) is 0 Å². The minimum absolute atomic E-state index is 0.540. The standard InChI is InChI=1S/C17H17N3O/c1-2-13-5-3-4-6-15(13)11-18-16-9-7-14(8-10-16)17-20-19-12-21-17/h3-10,12,18H,2,11H2,1H3. The minimum atomic E-state index is 0.540. The molecule has 0 saturated carbocycles. The largest absolute Gasteiger partial charge is 0.423 e. The van der Waals surface area contributed by atoms with Crippen molar-refractivity contribution in [2.75, 3.05) is 5.32 Å². The van der Waals surface area contributed by atoms with Crippen LogP contribution < -0.4 is 5.32 Å². The van der Waals surface area contributed by atoms with Gasteiger partial charge in [0.1, 0.15) is 0 Å². The van der Waals surface area contributed by atoms with Crippen LogP contribution in [0, 0.1) is 0 Å². The zero-order chi connectivity index (χ0) is 14.5. The van der Waals surface area contributed by atoms with Crippen LogP contribution in [0.15, 0.2) is 59.3 Å². The number of aromatic nitrogens is 2. The normalized spacial score (nSPS) is 10.5. The molecule has 0 amide bonds. The first-order valence-corrected chi connectivity index (χ1v) is 7.04. The van der Waals surface area contributed by atoms with Gasteiger partial charge in [-0.05, 0) is 41.8 Å². The number of nitrogens with one attached hydrogen (secondary N) is 1. The first-order valence-electron chi connectivity index (χ1n) is 7.04. The third kappa shape index (κ3) is 3.11. The van der Waals surface area contributed by atoms with E-state index in [-0.39, 0.29) is 0 Å². The van der Waals surface area contributed by atoms with Crippen LogP contribution in [0.1, 0.15) is 18.1 Å². The first-order chi connectivity index (χ1) is 10.4. The summed E-state index contributed by atoms with van der Waals surface area (Å²) in [5, 5.41) is 11.0. The van der Waals surface area contributed by atoms with E-state index in [9.17, 15) is 0 Å². The smallest absolute Gasteiger partial charge is 0.247 e. The highest BCUT2D eigenvalue weighted by Gasteiger charge is 2.03. The lowest BCUT2D eigenvalue weighted by Gasteiger charge is -2.10. The summed E-state index contributed by atoms with van der Waals surface area (Å²) < 4.78 is 5.18. The molecular formula is C17H17N3O. The lowest BCUT2D eigenvalue weighted by atomic mass is 10.1. The average molecular weight is 279 g/mol. The fourth-order valence-corrected chi connectivity index (χ4v) is 2.30. The molecule has 0 spiro atoms. The molecule has 1 N–H and O–H groups in total. The SMILES string of the molecule is CCc1ccccc1CNc1ccc(-c2nnco2)cc1. The molecule has 0 aliphatic rings. The lowest BCUT2D eigenvalue weighted by Crippen LogP contribution is -2.02. The molecule has 0 fully saturated rings. The molecule has 0 bridgehead atoms. The molecule has 4 nitrogen and oxygen atoms in total. The van der Waals surface area contributed by atoms with E-state index in [1.54, 1.807) is 0 Å². The molecule has 3 rings (SSSR count). The van der Waals surface area contributed by atoms with Crippen molar-refractivity contribution in [3.63, 3.8) is 0 Å². The second-order valence-corrected chi connectivity index (χ2v) is 4.80. The van der Waals surface area contributed by atoms with Crippen LogP contribution in [0.25, 0.3) is 11.5 Å². The summed E-state index contributed by atoms with van der Waals surface area (Å²) in [7, 11) is 0. The van der Waals surface area contributed by atoms with Crippen LogP contribution in [0.5, 0.6) is 0 Å². The fraction of sp³-hybridized carbons (Fsp3) is 0.176. The molecule has 3 aromatic rings. The van der Waals surface area contributed by atoms with Crippen LogP contribution in [0.4, 0.5) is 5.69 Å². The molecule has 0 aliphatic heterocycles. The summed E-state index contributed by atoms with van der Waals surface area (Å²) in [6.07, 6.45) is 2.39. The Balaban J connectivity index is 1.68. The van der Waals surface area contributed by atoms with E-state index in [0.29, 0.717) is 5.89 Å². The Kier molecular flexibility index (Phi) is 3.96. The second-order valence-electron chi connectivity index (χ2n) is 4.80.